The van der Waals surface area contributed by atoms with Crippen LogP contribution in [0, 0.1) is 5.92 Å². The summed E-state index contributed by atoms with van der Waals surface area (Å²) in [6, 6.07) is 4.23. The molecule has 1 saturated carbocycles. The van der Waals surface area contributed by atoms with Crippen LogP contribution in [-0.2, 0) is 9.59 Å². The second kappa shape index (κ2) is 4.39. The van der Waals surface area contributed by atoms with Gasteiger partial charge in [0.1, 0.15) is 0 Å². The van der Waals surface area contributed by atoms with Gasteiger partial charge in [0.05, 0.1) is 12.0 Å². The maximum absolute atomic E-state index is 12.2. The third-order valence-corrected chi connectivity index (χ3v) is 4.62. The first kappa shape index (κ1) is 11.7. The molecule has 18 heavy (non-hydrogen) atoms. The van der Waals surface area contributed by atoms with Crippen LogP contribution >= 0.6 is 11.3 Å². The van der Waals surface area contributed by atoms with E-state index in [1.807, 2.05) is 17.5 Å². The average molecular weight is 264 g/mol. The van der Waals surface area contributed by atoms with E-state index in [1.165, 1.54) is 0 Å². The number of carbonyl (C=O) groups excluding carboxylic acids is 2. The van der Waals surface area contributed by atoms with Gasteiger partial charge in [-0.1, -0.05) is 6.07 Å². The number of thiophene rings is 1. The van der Waals surface area contributed by atoms with E-state index in [0.29, 0.717) is 12.5 Å². The minimum Gasteiger partial charge on any atom is -0.353 e. The summed E-state index contributed by atoms with van der Waals surface area (Å²) in [6.45, 7) is 0. The number of rotatable bonds is 3. The number of nitrogens with zero attached hydrogens (tertiary/aromatic N) is 1. The van der Waals surface area contributed by atoms with Crippen molar-refractivity contribution in [3.05, 3.63) is 22.4 Å². The molecule has 0 spiro atoms. The number of amides is 2. The molecule has 4 nitrogen and oxygen atoms in total. The van der Waals surface area contributed by atoms with Crippen molar-refractivity contribution in [2.45, 2.75) is 31.3 Å². The highest BCUT2D eigenvalue weighted by Crippen LogP contribution is 2.39. The molecule has 1 aliphatic carbocycles. The van der Waals surface area contributed by atoms with Gasteiger partial charge in [0, 0.05) is 24.4 Å². The first-order chi connectivity index (χ1) is 8.66. The molecule has 1 aromatic rings. The van der Waals surface area contributed by atoms with Gasteiger partial charge in [0.25, 0.3) is 0 Å². The smallest absolute Gasteiger partial charge is 0.226 e. The van der Waals surface area contributed by atoms with Crippen LogP contribution in [0.4, 0.5) is 0 Å². The molecule has 2 atom stereocenters. The van der Waals surface area contributed by atoms with Crippen molar-refractivity contribution in [2.24, 2.45) is 5.92 Å². The fraction of sp³-hybridized carbons (Fsp3) is 0.538. The summed E-state index contributed by atoms with van der Waals surface area (Å²) in [6.07, 6.45) is 2.48. The zero-order valence-electron chi connectivity index (χ0n) is 10.3. The lowest BCUT2D eigenvalue weighted by molar-refractivity contribution is -0.128. The Bertz CT molecular complexity index is 467. The molecule has 0 unspecified atom stereocenters. The van der Waals surface area contributed by atoms with Gasteiger partial charge in [-0.15, -0.1) is 11.3 Å². The third-order valence-electron chi connectivity index (χ3n) is 3.68. The SMILES string of the molecule is CN1C(=O)C[C@@H](C(=O)NC2CC2)[C@H]1c1cccs1. The van der Waals surface area contributed by atoms with E-state index in [0.717, 1.165) is 17.7 Å². The van der Waals surface area contributed by atoms with E-state index in [-0.39, 0.29) is 23.8 Å². The lowest BCUT2D eigenvalue weighted by atomic mass is 9.98. The highest BCUT2D eigenvalue weighted by molar-refractivity contribution is 7.10. The van der Waals surface area contributed by atoms with Crippen molar-refractivity contribution in [2.75, 3.05) is 7.05 Å². The van der Waals surface area contributed by atoms with Gasteiger partial charge in [-0.05, 0) is 24.3 Å². The van der Waals surface area contributed by atoms with E-state index in [1.54, 1.807) is 23.3 Å². The molecule has 2 fully saturated rings. The second-order valence-corrected chi connectivity index (χ2v) is 6.04. The summed E-state index contributed by atoms with van der Waals surface area (Å²) in [4.78, 5) is 26.9. The Morgan fingerprint density at radius 3 is 2.89 bits per heavy atom. The predicted molar refractivity (Wildman–Crippen MR) is 69.1 cm³/mol. The number of nitrogens with one attached hydrogen (secondary N) is 1. The zero-order chi connectivity index (χ0) is 12.7. The van der Waals surface area contributed by atoms with E-state index < -0.39 is 0 Å². The molecular formula is C13H16N2O2S. The summed E-state index contributed by atoms with van der Waals surface area (Å²) in [7, 11) is 1.79. The van der Waals surface area contributed by atoms with Crippen molar-refractivity contribution in [3.63, 3.8) is 0 Å². The number of carbonyl (C=O) groups is 2. The highest BCUT2D eigenvalue weighted by Gasteiger charge is 2.44. The molecule has 96 valence electrons. The van der Waals surface area contributed by atoms with Crippen LogP contribution in [0.5, 0.6) is 0 Å². The van der Waals surface area contributed by atoms with Gasteiger partial charge in [-0.25, -0.2) is 0 Å². The first-order valence-corrected chi connectivity index (χ1v) is 7.14. The first-order valence-electron chi connectivity index (χ1n) is 6.26. The van der Waals surface area contributed by atoms with Crippen molar-refractivity contribution in [3.8, 4) is 0 Å². The van der Waals surface area contributed by atoms with Gasteiger partial charge in [0.2, 0.25) is 11.8 Å². The van der Waals surface area contributed by atoms with Gasteiger partial charge in [0.15, 0.2) is 0 Å². The molecule has 2 heterocycles. The fourth-order valence-electron chi connectivity index (χ4n) is 2.49. The Hall–Kier alpha value is -1.36. The third kappa shape index (κ3) is 2.03. The number of likely N-dealkylation sites (tertiary alicyclic amines) is 1. The Morgan fingerprint density at radius 2 is 2.28 bits per heavy atom. The van der Waals surface area contributed by atoms with Crippen molar-refractivity contribution in [1.29, 1.82) is 0 Å². The second-order valence-electron chi connectivity index (χ2n) is 5.06. The topological polar surface area (TPSA) is 49.4 Å². The minimum absolute atomic E-state index is 0.0357. The minimum atomic E-state index is -0.234. The lowest BCUT2D eigenvalue weighted by Gasteiger charge is -2.23. The van der Waals surface area contributed by atoms with E-state index in [2.05, 4.69) is 5.32 Å². The molecule has 0 radical (unpaired) electrons. The summed E-state index contributed by atoms with van der Waals surface area (Å²) in [5, 5.41) is 5.00. The van der Waals surface area contributed by atoms with Crippen LogP contribution < -0.4 is 5.32 Å². The molecule has 0 bridgehead atoms. The predicted octanol–water partition coefficient (Wildman–Crippen LogP) is 1.55. The molecule has 2 aliphatic rings. The maximum Gasteiger partial charge on any atom is 0.226 e. The zero-order valence-corrected chi connectivity index (χ0v) is 11.1. The summed E-state index contributed by atoms with van der Waals surface area (Å²) < 4.78 is 0. The number of hydrogen-bond acceptors (Lipinski definition) is 3. The standard InChI is InChI=1S/C13H16N2O2S/c1-15-11(16)7-9(13(17)14-8-4-5-8)12(15)10-3-2-6-18-10/h2-3,6,8-9,12H,4-5,7H2,1H3,(H,14,17)/t9-,12+/m1/s1. The van der Waals surface area contributed by atoms with Crippen LogP contribution in [0.1, 0.15) is 30.2 Å². The Kier molecular flexibility index (Phi) is 2.86. The fourth-order valence-corrected chi connectivity index (χ4v) is 3.42. The summed E-state index contributed by atoms with van der Waals surface area (Å²) in [5.41, 5.74) is 0. The molecule has 1 aromatic heterocycles. The molecule has 2 amide bonds. The van der Waals surface area contributed by atoms with E-state index in [9.17, 15) is 9.59 Å². The molecule has 3 rings (SSSR count). The average Bonchev–Trinajstić information content (AvgIpc) is 2.89. The highest BCUT2D eigenvalue weighted by atomic mass is 32.1. The quantitative estimate of drug-likeness (QED) is 0.900. The van der Waals surface area contributed by atoms with Crippen LogP contribution in [0.2, 0.25) is 0 Å². The van der Waals surface area contributed by atoms with E-state index in [4.69, 9.17) is 0 Å². The van der Waals surface area contributed by atoms with Crippen molar-refractivity contribution in [1.82, 2.24) is 10.2 Å². The van der Waals surface area contributed by atoms with Gasteiger partial charge in [-0.3, -0.25) is 9.59 Å². The largest absolute Gasteiger partial charge is 0.353 e. The van der Waals surface area contributed by atoms with Gasteiger partial charge in [-0.2, -0.15) is 0 Å². The molecule has 1 saturated heterocycles. The maximum atomic E-state index is 12.2. The van der Waals surface area contributed by atoms with Gasteiger partial charge < -0.3 is 10.2 Å². The van der Waals surface area contributed by atoms with Crippen molar-refractivity contribution >= 4 is 23.2 Å². The monoisotopic (exact) mass is 264 g/mol. The van der Waals surface area contributed by atoms with Crippen LogP contribution in [0.3, 0.4) is 0 Å². The summed E-state index contributed by atoms with van der Waals surface area (Å²) >= 11 is 1.61. The lowest BCUT2D eigenvalue weighted by Crippen LogP contribution is -2.35. The van der Waals surface area contributed by atoms with Crippen LogP contribution in [0.15, 0.2) is 17.5 Å². The normalized spacial score (nSPS) is 27.6. The Labute approximate surface area is 110 Å². The summed E-state index contributed by atoms with van der Waals surface area (Å²) in [5.74, 6) is -0.139. The van der Waals surface area contributed by atoms with E-state index >= 15 is 0 Å². The van der Waals surface area contributed by atoms with Crippen molar-refractivity contribution < 1.29 is 9.59 Å². The Morgan fingerprint density at radius 1 is 1.50 bits per heavy atom. The number of hydrogen-bond donors (Lipinski definition) is 1. The van der Waals surface area contributed by atoms with Crippen LogP contribution in [-0.4, -0.2) is 29.8 Å². The molecule has 1 N–H and O–H groups in total. The molecule has 0 aromatic carbocycles. The molecule has 1 aliphatic heterocycles. The molecule has 5 heteroatoms. The Balaban J connectivity index is 1.82. The van der Waals surface area contributed by atoms with Crippen LogP contribution in [0.25, 0.3) is 0 Å². The molecular weight excluding hydrogens is 248 g/mol. The van der Waals surface area contributed by atoms with Gasteiger partial charge >= 0.3 is 0 Å².